The lowest BCUT2D eigenvalue weighted by Crippen LogP contribution is -2.27. The minimum atomic E-state index is -1.11. The Bertz CT molecular complexity index is 1040. The van der Waals surface area contributed by atoms with Gasteiger partial charge in [-0.2, -0.15) is 0 Å². The van der Waals surface area contributed by atoms with Crippen LogP contribution in [0.5, 0.6) is 11.5 Å². The second-order valence-corrected chi connectivity index (χ2v) is 8.86. The first kappa shape index (κ1) is 22.4. The molecule has 0 spiro atoms. The van der Waals surface area contributed by atoms with E-state index in [4.69, 9.17) is 14.6 Å². The number of nitrogens with zero attached hydrogens (tertiary/aromatic N) is 1. The number of hydrogen-bond acceptors (Lipinski definition) is 6. The van der Waals surface area contributed by atoms with Crippen molar-refractivity contribution in [3.8, 4) is 11.5 Å². The Balaban J connectivity index is 1.84. The number of thioether (sulfide) groups is 1. The number of carboxylic acid groups (broad SMARTS) is 1. The third-order valence-electron chi connectivity index (χ3n) is 4.05. The van der Waals surface area contributed by atoms with Crippen molar-refractivity contribution in [2.24, 2.45) is 0 Å². The molecule has 30 heavy (non-hydrogen) atoms. The zero-order valence-electron chi connectivity index (χ0n) is 15.6. The van der Waals surface area contributed by atoms with Gasteiger partial charge < -0.3 is 14.6 Å². The molecule has 0 atom stereocenters. The fourth-order valence-corrected chi connectivity index (χ4v) is 4.15. The van der Waals surface area contributed by atoms with Crippen LogP contribution in [0.4, 0.5) is 4.79 Å². The summed E-state index contributed by atoms with van der Waals surface area (Å²) in [5, 5.41) is 8.44. The minimum Gasteiger partial charge on any atom is -0.493 e. The summed E-state index contributed by atoms with van der Waals surface area (Å²) in [6.45, 7) is -0.334. The highest BCUT2D eigenvalue weighted by Gasteiger charge is 2.35. The molecule has 1 N–H and O–H groups in total. The number of imide groups is 1. The third-order valence-corrected chi connectivity index (χ3v) is 6.17. The van der Waals surface area contributed by atoms with Crippen LogP contribution in [0, 0.1) is 0 Å². The fourth-order valence-electron chi connectivity index (χ4n) is 2.62. The highest BCUT2D eigenvalue weighted by Crippen LogP contribution is 2.38. The molecule has 1 saturated heterocycles. The van der Waals surface area contributed by atoms with Gasteiger partial charge in [0.1, 0.15) is 0 Å². The molecule has 0 aromatic heterocycles. The summed E-state index contributed by atoms with van der Waals surface area (Å²) < 4.78 is 11.9. The zero-order chi connectivity index (χ0) is 21.8. The monoisotopic (exact) mass is 555 g/mol. The number of hydrogen-bond donors (Lipinski definition) is 1. The average Bonchev–Trinajstić information content (AvgIpc) is 2.96. The van der Waals surface area contributed by atoms with Gasteiger partial charge in [0.05, 0.1) is 18.6 Å². The lowest BCUT2D eigenvalue weighted by Gasteiger charge is -2.13. The van der Waals surface area contributed by atoms with E-state index in [1.165, 1.54) is 12.0 Å². The first-order valence-corrected chi connectivity index (χ1v) is 10.9. The van der Waals surface area contributed by atoms with Gasteiger partial charge in [-0.3, -0.25) is 14.5 Å². The minimum absolute atomic E-state index is 0.182. The van der Waals surface area contributed by atoms with Crippen molar-refractivity contribution >= 4 is 66.8 Å². The molecular weight excluding hydrogens is 542 g/mol. The summed E-state index contributed by atoms with van der Waals surface area (Å²) in [5.74, 6) is -0.950. The molecule has 156 valence electrons. The number of methoxy groups -OCH3 is 1. The van der Waals surface area contributed by atoms with Crippen molar-refractivity contribution in [2.45, 2.75) is 6.54 Å². The molecule has 3 rings (SSSR count). The molecule has 1 aliphatic heterocycles. The zero-order valence-corrected chi connectivity index (χ0v) is 19.5. The molecule has 0 unspecified atom stereocenters. The van der Waals surface area contributed by atoms with Crippen LogP contribution in [0.2, 0.25) is 0 Å². The van der Waals surface area contributed by atoms with E-state index in [0.717, 1.165) is 21.8 Å². The number of ether oxygens (including phenoxy) is 2. The maximum absolute atomic E-state index is 12.8. The molecule has 2 amide bonds. The smallest absolute Gasteiger partial charge is 0.341 e. The molecule has 1 fully saturated rings. The highest BCUT2D eigenvalue weighted by atomic mass is 79.9. The van der Waals surface area contributed by atoms with E-state index in [9.17, 15) is 14.4 Å². The summed E-state index contributed by atoms with van der Waals surface area (Å²) in [6, 6.07) is 10.5. The molecule has 1 aliphatic rings. The predicted octanol–water partition coefficient (Wildman–Crippen LogP) is 4.92. The summed E-state index contributed by atoms with van der Waals surface area (Å²) in [4.78, 5) is 37.3. The van der Waals surface area contributed by atoms with Crippen LogP contribution < -0.4 is 9.47 Å². The molecule has 1 heterocycles. The van der Waals surface area contributed by atoms with E-state index in [1.807, 2.05) is 24.3 Å². The maximum Gasteiger partial charge on any atom is 0.341 e. The van der Waals surface area contributed by atoms with Crippen molar-refractivity contribution in [2.75, 3.05) is 13.7 Å². The Morgan fingerprint density at radius 2 is 1.87 bits per heavy atom. The van der Waals surface area contributed by atoms with Gasteiger partial charge in [-0.05, 0) is 53.2 Å². The van der Waals surface area contributed by atoms with Crippen LogP contribution >= 0.6 is 43.6 Å². The van der Waals surface area contributed by atoms with Crippen molar-refractivity contribution in [3.05, 3.63) is 61.4 Å². The van der Waals surface area contributed by atoms with Gasteiger partial charge in [0.15, 0.2) is 18.1 Å². The molecule has 0 saturated carbocycles. The quantitative estimate of drug-likeness (QED) is 0.484. The first-order chi connectivity index (χ1) is 14.3. The standard InChI is InChI=1S/C20H15Br2NO6S/c1-28-15-6-12(14(22)8-16(15)29-10-18(24)25)7-17-19(26)23(20(27)30-17)9-11-2-4-13(21)5-3-11/h2-8H,9-10H2,1H3,(H,24,25)/b17-7-. The second-order valence-electron chi connectivity index (χ2n) is 6.10. The Labute approximate surface area is 193 Å². The van der Waals surface area contributed by atoms with E-state index in [0.29, 0.717) is 15.8 Å². The second kappa shape index (κ2) is 9.67. The van der Waals surface area contributed by atoms with Crippen molar-refractivity contribution < 1.29 is 29.0 Å². The number of carbonyl (C=O) groups excluding carboxylic acids is 2. The third kappa shape index (κ3) is 5.24. The maximum atomic E-state index is 12.8. The topological polar surface area (TPSA) is 93.1 Å². The van der Waals surface area contributed by atoms with Crippen LogP contribution in [-0.2, 0) is 16.1 Å². The van der Waals surface area contributed by atoms with Gasteiger partial charge in [-0.15, -0.1) is 0 Å². The van der Waals surface area contributed by atoms with Gasteiger partial charge in [-0.25, -0.2) is 4.79 Å². The van der Waals surface area contributed by atoms with Crippen LogP contribution in [0.3, 0.4) is 0 Å². The summed E-state index contributed by atoms with van der Waals surface area (Å²) in [7, 11) is 1.42. The molecule has 0 bridgehead atoms. The number of carboxylic acids is 1. The molecule has 2 aromatic rings. The van der Waals surface area contributed by atoms with Crippen LogP contribution in [0.25, 0.3) is 6.08 Å². The Morgan fingerprint density at radius 1 is 1.17 bits per heavy atom. The normalized spacial score (nSPS) is 15.0. The van der Waals surface area contributed by atoms with Gasteiger partial charge >= 0.3 is 5.97 Å². The Kier molecular flexibility index (Phi) is 7.22. The molecule has 2 aromatic carbocycles. The number of rotatable bonds is 7. The summed E-state index contributed by atoms with van der Waals surface area (Å²) >= 11 is 7.60. The predicted molar refractivity (Wildman–Crippen MR) is 119 cm³/mol. The molecule has 10 heteroatoms. The Morgan fingerprint density at radius 3 is 2.50 bits per heavy atom. The first-order valence-electron chi connectivity index (χ1n) is 8.50. The molecular formula is C20H15Br2NO6S. The number of halogens is 2. The SMILES string of the molecule is COc1cc(/C=C2\SC(=O)N(Cc3ccc(Br)cc3)C2=O)c(Br)cc1OCC(=O)O. The van der Waals surface area contributed by atoms with Gasteiger partial charge in [0, 0.05) is 8.95 Å². The van der Waals surface area contributed by atoms with Crippen molar-refractivity contribution in [1.29, 1.82) is 0 Å². The number of benzene rings is 2. The highest BCUT2D eigenvalue weighted by molar-refractivity contribution is 9.10. The lowest BCUT2D eigenvalue weighted by molar-refractivity contribution is -0.139. The van der Waals surface area contributed by atoms with Crippen LogP contribution in [0.1, 0.15) is 11.1 Å². The van der Waals surface area contributed by atoms with Gasteiger partial charge in [0.2, 0.25) is 0 Å². The van der Waals surface area contributed by atoms with E-state index >= 15 is 0 Å². The Hall–Kier alpha value is -2.30. The van der Waals surface area contributed by atoms with E-state index in [-0.39, 0.29) is 28.3 Å². The lowest BCUT2D eigenvalue weighted by atomic mass is 10.1. The van der Waals surface area contributed by atoms with Gasteiger partial charge in [0.25, 0.3) is 11.1 Å². The number of carbonyl (C=O) groups is 3. The average molecular weight is 557 g/mol. The van der Waals surface area contributed by atoms with Crippen molar-refractivity contribution in [3.63, 3.8) is 0 Å². The van der Waals surface area contributed by atoms with E-state index < -0.39 is 12.6 Å². The van der Waals surface area contributed by atoms with Crippen molar-refractivity contribution in [1.82, 2.24) is 4.90 Å². The number of amides is 2. The van der Waals surface area contributed by atoms with Gasteiger partial charge in [-0.1, -0.05) is 44.0 Å². The molecule has 0 aliphatic carbocycles. The fraction of sp³-hybridized carbons (Fsp3) is 0.150. The summed E-state index contributed by atoms with van der Waals surface area (Å²) in [6.07, 6.45) is 1.58. The number of aliphatic carboxylic acids is 1. The largest absolute Gasteiger partial charge is 0.493 e. The summed E-state index contributed by atoms with van der Waals surface area (Å²) in [5.41, 5.74) is 1.42. The van der Waals surface area contributed by atoms with Crippen LogP contribution in [-0.4, -0.2) is 40.8 Å². The van der Waals surface area contributed by atoms with E-state index in [2.05, 4.69) is 31.9 Å². The molecule has 7 nitrogen and oxygen atoms in total. The molecule has 0 radical (unpaired) electrons. The van der Waals surface area contributed by atoms with E-state index in [1.54, 1.807) is 18.2 Å². The van der Waals surface area contributed by atoms with Crippen LogP contribution in [0.15, 0.2) is 50.2 Å².